The summed E-state index contributed by atoms with van der Waals surface area (Å²) < 4.78 is 0. The van der Waals surface area contributed by atoms with Crippen molar-refractivity contribution in [1.82, 2.24) is 4.98 Å². The third-order valence-corrected chi connectivity index (χ3v) is 2.12. The van der Waals surface area contributed by atoms with E-state index in [2.05, 4.69) is 4.98 Å². The van der Waals surface area contributed by atoms with Gasteiger partial charge in [-0.15, -0.1) is 11.6 Å². The number of halogens is 2. The molecular formula is C8H9Cl2NO2. The zero-order valence-electron chi connectivity index (χ0n) is 6.69. The second kappa shape index (κ2) is 4.77. The van der Waals surface area contributed by atoms with Crippen LogP contribution in [0.4, 0.5) is 0 Å². The fourth-order valence-electron chi connectivity index (χ4n) is 0.864. The molecule has 0 spiro atoms. The Labute approximate surface area is 85.9 Å². The molecule has 0 aliphatic heterocycles. The highest BCUT2D eigenvalue weighted by atomic mass is 35.5. The molecule has 0 aromatic carbocycles. The summed E-state index contributed by atoms with van der Waals surface area (Å²) in [6.45, 7) is 0. The Morgan fingerprint density at radius 1 is 1.46 bits per heavy atom. The van der Waals surface area contributed by atoms with Gasteiger partial charge in [0, 0.05) is 11.2 Å². The molecule has 2 atom stereocenters. The van der Waals surface area contributed by atoms with Crippen LogP contribution in [0, 0.1) is 0 Å². The fraction of sp³-hybridized carbons (Fsp3) is 0.375. The smallest absolute Gasteiger partial charge is 0.123 e. The lowest BCUT2D eigenvalue weighted by Crippen LogP contribution is -2.20. The highest BCUT2D eigenvalue weighted by Gasteiger charge is 2.18. The maximum absolute atomic E-state index is 9.46. The van der Waals surface area contributed by atoms with Gasteiger partial charge in [-0.2, -0.15) is 0 Å². The first kappa shape index (κ1) is 10.7. The molecule has 3 nitrogen and oxygen atoms in total. The van der Waals surface area contributed by atoms with Crippen LogP contribution in [0.15, 0.2) is 18.3 Å². The molecule has 0 radical (unpaired) electrons. The van der Waals surface area contributed by atoms with Crippen LogP contribution in [0.2, 0.25) is 5.02 Å². The largest absolute Gasteiger partial charge is 0.389 e. The summed E-state index contributed by atoms with van der Waals surface area (Å²) in [6.07, 6.45) is -0.647. The minimum atomic E-state index is -1.09. The van der Waals surface area contributed by atoms with Gasteiger partial charge in [-0.3, -0.25) is 4.98 Å². The van der Waals surface area contributed by atoms with E-state index in [0.29, 0.717) is 10.7 Å². The third-order valence-electron chi connectivity index (χ3n) is 1.57. The lowest BCUT2D eigenvalue weighted by atomic mass is 10.1. The van der Waals surface area contributed by atoms with Gasteiger partial charge in [-0.1, -0.05) is 11.6 Å². The van der Waals surface area contributed by atoms with Crippen LogP contribution in [0.25, 0.3) is 0 Å². The van der Waals surface area contributed by atoms with Crippen molar-refractivity contribution < 1.29 is 10.2 Å². The van der Waals surface area contributed by atoms with Gasteiger partial charge in [0.2, 0.25) is 0 Å². The van der Waals surface area contributed by atoms with E-state index >= 15 is 0 Å². The van der Waals surface area contributed by atoms with Crippen molar-refractivity contribution in [2.45, 2.75) is 12.2 Å². The average Bonchev–Trinajstić information content (AvgIpc) is 2.15. The Morgan fingerprint density at radius 2 is 2.15 bits per heavy atom. The quantitative estimate of drug-likeness (QED) is 0.759. The molecule has 1 rings (SSSR count). The van der Waals surface area contributed by atoms with E-state index in [0.717, 1.165) is 0 Å². The van der Waals surface area contributed by atoms with Crippen LogP contribution in [0.5, 0.6) is 0 Å². The number of hydrogen-bond acceptors (Lipinski definition) is 3. The Hall–Kier alpha value is -0.350. The first-order valence-electron chi connectivity index (χ1n) is 3.68. The van der Waals surface area contributed by atoms with Crippen LogP contribution in [-0.4, -0.2) is 27.2 Å². The molecule has 2 N–H and O–H groups in total. The van der Waals surface area contributed by atoms with E-state index in [9.17, 15) is 10.2 Å². The van der Waals surface area contributed by atoms with Crippen molar-refractivity contribution >= 4 is 23.2 Å². The number of aromatic nitrogens is 1. The second-order valence-electron chi connectivity index (χ2n) is 2.57. The van der Waals surface area contributed by atoms with Crippen LogP contribution in [-0.2, 0) is 0 Å². The maximum Gasteiger partial charge on any atom is 0.123 e. The summed E-state index contributed by atoms with van der Waals surface area (Å²) in [6, 6.07) is 3.08. The van der Waals surface area contributed by atoms with Crippen LogP contribution >= 0.6 is 23.2 Å². The number of pyridine rings is 1. The molecule has 1 aromatic heterocycles. The third kappa shape index (κ3) is 2.81. The van der Waals surface area contributed by atoms with Gasteiger partial charge in [0.25, 0.3) is 0 Å². The molecule has 0 aliphatic carbocycles. The lowest BCUT2D eigenvalue weighted by Gasteiger charge is -2.14. The monoisotopic (exact) mass is 221 g/mol. The predicted molar refractivity (Wildman–Crippen MR) is 50.9 cm³/mol. The van der Waals surface area contributed by atoms with Gasteiger partial charge >= 0.3 is 0 Å². The van der Waals surface area contributed by atoms with E-state index in [4.69, 9.17) is 23.2 Å². The van der Waals surface area contributed by atoms with Crippen molar-refractivity contribution in [2.24, 2.45) is 0 Å². The minimum absolute atomic E-state index is 0.0463. The van der Waals surface area contributed by atoms with Gasteiger partial charge in [0.1, 0.15) is 6.10 Å². The zero-order chi connectivity index (χ0) is 9.84. The average molecular weight is 222 g/mol. The summed E-state index contributed by atoms with van der Waals surface area (Å²) in [5.41, 5.74) is 0.320. The number of aliphatic hydroxyl groups is 2. The van der Waals surface area contributed by atoms with Crippen molar-refractivity contribution in [1.29, 1.82) is 0 Å². The zero-order valence-corrected chi connectivity index (χ0v) is 8.20. The molecule has 0 aliphatic rings. The highest BCUT2D eigenvalue weighted by Crippen LogP contribution is 2.18. The fourth-order valence-corrected chi connectivity index (χ4v) is 1.20. The summed E-state index contributed by atoms with van der Waals surface area (Å²) in [7, 11) is 0. The first-order chi connectivity index (χ1) is 6.15. The number of aliphatic hydroxyl groups excluding tert-OH is 2. The Morgan fingerprint density at radius 3 is 2.69 bits per heavy atom. The molecule has 1 aromatic rings. The second-order valence-corrected chi connectivity index (χ2v) is 3.31. The number of hydrogen-bond donors (Lipinski definition) is 2. The van der Waals surface area contributed by atoms with Gasteiger partial charge in [0.05, 0.1) is 17.7 Å². The Kier molecular flexibility index (Phi) is 3.93. The van der Waals surface area contributed by atoms with Gasteiger partial charge in [-0.25, -0.2) is 0 Å². The van der Waals surface area contributed by atoms with Crippen LogP contribution in [0.3, 0.4) is 0 Å². The lowest BCUT2D eigenvalue weighted by molar-refractivity contribution is 0.0300. The summed E-state index contributed by atoms with van der Waals surface area (Å²) >= 11 is 11.0. The van der Waals surface area contributed by atoms with Crippen molar-refractivity contribution in [2.75, 3.05) is 5.88 Å². The standard InChI is InChI=1S/C8H9Cl2NO2/c9-4-7(12)8(13)6-3-5(10)1-2-11-6/h1-3,7-8,12-13H,4H2. The maximum atomic E-state index is 9.46. The molecule has 0 fully saturated rings. The molecule has 0 saturated carbocycles. The Balaban J connectivity index is 2.82. The van der Waals surface area contributed by atoms with Crippen molar-refractivity contribution in [3.05, 3.63) is 29.0 Å². The number of nitrogens with zero attached hydrogens (tertiary/aromatic N) is 1. The van der Waals surface area contributed by atoms with E-state index < -0.39 is 12.2 Å². The van der Waals surface area contributed by atoms with Gasteiger partial charge in [0.15, 0.2) is 0 Å². The van der Waals surface area contributed by atoms with E-state index in [1.54, 1.807) is 6.07 Å². The minimum Gasteiger partial charge on any atom is -0.389 e. The summed E-state index contributed by atoms with van der Waals surface area (Å²) in [5, 5.41) is 19.1. The van der Waals surface area contributed by atoms with Crippen molar-refractivity contribution in [3.63, 3.8) is 0 Å². The van der Waals surface area contributed by atoms with E-state index in [1.807, 2.05) is 0 Å². The summed E-state index contributed by atoms with van der Waals surface area (Å²) in [5.74, 6) is -0.0463. The molecule has 5 heteroatoms. The molecular weight excluding hydrogens is 213 g/mol. The molecule has 0 saturated heterocycles. The first-order valence-corrected chi connectivity index (χ1v) is 4.60. The topological polar surface area (TPSA) is 53.4 Å². The molecule has 1 heterocycles. The highest BCUT2D eigenvalue weighted by molar-refractivity contribution is 6.30. The molecule has 72 valence electrons. The Bertz CT molecular complexity index is 283. The van der Waals surface area contributed by atoms with E-state index in [1.165, 1.54) is 12.3 Å². The summed E-state index contributed by atoms with van der Waals surface area (Å²) in [4.78, 5) is 3.86. The normalized spacial score (nSPS) is 15.4. The van der Waals surface area contributed by atoms with Crippen LogP contribution in [0.1, 0.15) is 11.8 Å². The molecule has 0 bridgehead atoms. The van der Waals surface area contributed by atoms with E-state index in [-0.39, 0.29) is 5.88 Å². The van der Waals surface area contributed by atoms with Crippen LogP contribution < -0.4 is 0 Å². The SMILES string of the molecule is OC(CCl)C(O)c1cc(Cl)ccn1. The number of rotatable bonds is 3. The molecule has 2 unspecified atom stereocenters. The van der Waals surface area contributed by atoms with Gasteiger partial charge in [-0.05, 0) is 12.1 Å². The number of alkyl halides is 1. The molecule has 0 amide bonds. The van der Waals surface area contributed by atoms with Crippen molar-refractivity contribution in [3.8, 4) is 0 Å². The molecule has 13 heavy (non-hydrogen) atoms. The van der Waals surface area contributed by atoms with Gasteiger partial charge < -0.3 is 10.2 Å². The predicted octanol–water partition coefficient (Wildman–Crippen LogP) is 1.37.